The minimum Gasteiger partial charge on any atom is -0.382 e. The van der Waals surface area contributed by atoms with Gasteiger partial charge in [-0.05, 0) is 31.6 Å². The zero-order valence-corrected chi connectivity index (χ0v) is 9.99. The molecule has 1 fully saturated rings. The van der Waals surface area contributed by atoms with Crippen LogP contribution in [0.25, 0.3) is 0 Å². The summed E-state index contributed by atoms with van der Waals surface area (Å²) in [5.41, 5.74) is 0.851. The minimum atomic E-state index is -0.861. The van der Waals surface area contributed by atoms with Gasteiger partial charge in [0.2, 0.25) is 0 Å². The summed E-state index contributed by atoms with van der Waals surface area (Å²) in [5, 5.41) is 8.76. The summed E-state index contributed by atoms with van der Waals surface area (Å²) >= 11 is 0. The van der Waals surface area contributed by atoms with Crippen molar-refractivity contribution in [2.45, 2.75) is 38.2 Å². The van der Waals surface area contributed by atoms with E-state index >= 15 is 0 Å². The van der Waals surface area contributed by atoms with Gasteiger partial charge in [0.25, 0.3) is 5.91 Å². The Labute approximate surface area is 96.1 Å². The molecular formula is C11H21NO4. The topological polar surface area (TPSA) is 67.8 Å². The molecule has 16 heavy (non-hydrogen) atoms. The predicted molar refractivity (Wildman–Crippen MR) is 58.1 cm³/mol. The number of hydrogen-bond acceptors (Lipinski definition) is 4. The lowest BCUT2D eigenvalue weighted by Crippen LogP contribution is -2.50. The average Bonchev–Trinajstić information content (AvgIpc) is 2.31. The van der Waals surface area contributed by atoms with Gasteiger partial charge < -0.3 is 9.47 Å². The fraction of sp³-hybridized carbons (Fsp3) is 0.909. The zero-order valence-electron chi connectivity index (χ0n) is 9.99. The predicted octanol–water partition coefficient (Wildman–Crippen LogP) is 1.10. The lowest BCUT2D eigenvalue weighted by molar-refractivity contribution is -0.164. The molecule has 1 saturated carbocycles. The van der Waals surface area contributed by atoms with Crippen LogP contribution in [-0.4, -0.2) is 37.0 Å². The number of hydrogen-bond donors (Lipinski definition) is 2. The van der Waals surface area contributed by atoms with Crippen molar-refractivity contribution in [3.8, 4) is 0 Å². The minimum absolute atomic E-state index is 0.373. The molecule has 0 aromatic rings. The van der Waals surface area contributed by atoms with Gasteiger partial charge in [-0.1, -0.05) is 6.92 Å². The van der Waals surface area contributed by atoms with E-state index in [0.717, 1.165) is 12.8 Å². The molecule has 1 amide bonds. The van der Waals surface area contributed by atoms with E-state index in [0.29, 0.717) is 32.0 Å². The van der Waals surface area contributed by atoms with E-state index in [1.807, 2.05) is 0 Å². The maximum atomic E-state index is 11.7. The first-order valence-electron chi connectivity index (χ1n) is 5.72. The Morgan fingerprint density at radius 2 is 2.06 bits per heavy atom. The Kier molecular flexibility index (Phi) is 5.18. The van der Waals surface area contributed by atoms with Crippen molar-refractivity contribution in [3.63, 3.8) is 0 Å². The van der Waals surface area contributed by atoms with Crippen molar-refractivity contribution < 1.29 is 19.5 Å². The summed E-state index contributed by atoms with van der Waals surface area (Å²) in [6, 6.07) is 0. The van der Waals surface area contributed by atoms with Crippen molar-refractivity contribution >= 4 is 5.91 Å². The van der Waals surface area contributed by atoms with Crippen LogP contribution >= 0.6 is 0 Å². The smallest absolute Gasteiger partial charge is 0.275 e. The van der Waals surface area contributed by atoms with Crippen molar-refractivity contribution in [2.75, 3.05) is 20.3 Å². The van der Waals surface area contributed by atoms with Gasteiger partial charge in [0.05, 0.1) is 13.2 Å². The number of rotatable bonds is 5. The molecular weight excluding hydrogens is 210 g/mol. The summed E-state index contributed by atoms with van der Waals surface area (Å²) in [7, 11) is 1.59. The molecule has 5 nitrogen and oxygen atoms in total. The fourth-order valence-corrected chi connectivity index (χ4v) is 2.09. The van der Waals surface area contributed by atoms with E-state index in [9.17, 15) is 4.79 Å². The van der Waals surface area contributed by atoms with Gasteiger partial charge in [-0.25, -0.2) is 5.48 Å². The van der Waals surface area contributed by atoms with E-state index in [4.69, 9.17) is 14.7 Å². The molecule has 1 aliphatic carbocycles. The van der Waals surface area contributed by atoms with E-state index in [1.165, 1.54) is 0 Å². The van der Waals surface area contributed by atoms with Gasteiger partial charge in [0, 0.05) is 7.11 Å². The lowest BCUT2D eigenvalue weighted by Gasteiger charge is -2.37. The van der Waals surface area contributed by atoms with Gasteiger partial charge in [0.15, 0.2) is 0 Å². The lowest BCUT2D eigenvalue weighted by atomic mass is 9.79. The van der Waals surface area contributed by atoms with E-state index in [1.54, 1.807) is 12.6 Å². The fourth-order valence-electron chi connectivity index (χ4n) is 2.09. The molecule has 0 spiro atoms. The molecule has 0 radical (unpaired) electrons. The number of ether oxygens (including phenoxy) is 2. The van der Waals surface area contributed by atoms with Crippen molar-refractivity contribution in [2.24, 2.45) is 5.92 Å². The molecule has 0 saturated heterocycles. The first-order chi connectivity index (χ1) is 7.64. The van der Waals surface area contributed by atoms with Gasteiger partial charge in [0.1, 0.15) is 5.60 Å². The van der Waals surface area contributed by atoms with Crippen LogP contribution < -0.4 is 5.48 Å². The number of nitrogens with one attached hydrogen (secondary N) is 1. The van der Waals surface area contributed by atoms with Gasteiger partial charge in [-0.2, -0.15) is 0 Å². The Bertz CT molecular complexity index is 224. The van der Waals surface area contributed by atoms with Crippen LogP contribution in [0.4, 0.5) is 0 Å². The number of hydroxylamine groups is 1. The van der Waals surface area contributed by atoms with Gasteiger partial charge in [-0.3, -0.25) is 10.0 Å². The van der Waals surface area contributed by atoms with Crippen molar-refractivity contribution in [1.82, 2.24) is 5.48 Å². The van der Waals surface area contributed by atoms with Gasteiger partial charge in [-0.15, -0.1) is 0 Å². The highest BCUT2D eigenvalue weighted by atomic mass is 16.5. The molecule has 5 heteroatoms. The molecule has 0 bridgehead atoms. The molecule has 0 heterocycles. The Hall–Kier alpha value is -0.650. The molecule has 0 unspecified atom stereocenters. The van der Waals surface area contributed by atoms with Gasteiger partial charge >= 0.3 is 0 Å². The van der Waals surface area contributed by atoms with E-state index < -0.39 is 11.5 Å². The maximum Gasteiger partial charge on any atom is 0.275 e. The first kappa shape index (κ1) is 13.4. The number of carbonyl (C=O) groups excluding carboxylic acids is 1. The van der Waals surface area contributed by atoms with E-state index in [2.05, 4.69) is 6.92 Å². The highest BCUT2D eigenvalue weighted by Gasteiger charge is 2.42. The maximum absolute atomic E-state index is 11.7. The third kappa shape index (κ3) is 3.17. The van der Waals surface area contributed by atoms with Crippen LogP contribution in [0, 0.1) is 5.92 Å². The van der Waals surface area contributed by atoms with Crippen LogP contribution in [0.3, 0.4) is 0 Å². The monoisotopic (exact) mass is 231 g/mol. The second kappa shape index (κ2) is 6.18. The third-order valence-electron chi connectivity index (χ3n) is 3.26. The molecule has 2 N–H and O–H groups in total. The number of amides is 1. The second-order valence-corrected chi connectivity index (χ2v) is 4.46. The first-order valence-corrected chi connectivity index (χ1v) is 5.72. The summed E-state index contributed by atoms with van der Waals surface area (Å²) in [6.45, 7) is 2.99. The molecule has 0 atom stereocenters. The molecule has 94 valence electrons. The summed E-state index contributed by atoms with van der Waals surface area (Å²) in [4.78, 5) is 11.7. The quantitative estimate of drug-likeness (QED) is 0.422. The number of methoxy groups -OCH3 is 1. The van der Waals surface area contributed by atoms with Crippen LogP contribution in [0.2, 0.25) is 0 Å². The largest absolute Gasteiger partial charge is 0.382 e. The molecule has 0 aliphatic heterocycles. The van der Waals surface area contributed by atoms with Crippen LogP contribution in [-0.2, 0) is 14.3 Å². The Balaban J connectivity index is 2.58. The summed E-state index contributed by atoms with van der Waals surface area (Å²) in [6.07, 6.45) is 3.20. The highest BCUT2D eigenvalue weighted by Crippen LogP contribution is 2.34. The average molecular weight is 231 g/mol. The SMILES string of the molecule is COCCOC1(C(=O)NO)CCC(C)CC1. The second-order valence-electron chi connectivity index (χ2n) is 4.46. The van der Waals surface area contributed by atoms with Crippen molar-refractivity contribution in [1.29, 1.82) is 0 Å². The number of carbonyl (C=O) groups is 1. The van der Waals surface area contributed by atoms with E-state index in [-0.39, 0.29) is 0 Å². The third-order valence-corrected chi connectivity index (χ3v) is 3.26. The van der Waals surface area contributed by atoms with Crippen LogP contribution in [0.15, 0.2) is 0 Å². The molecule has 0 aromatic heterocycles. The summed E-state index contributed by atoms with van der Waals surface area (Å²) < 4.78 is 10.5. The molecule has 1 aliphatic rings. The normalized spacial score (nSPS) is 30.1. The Morgan fingerprint density at radius 1 is 1.44 bits per heavy atom. The molecule has 0 aromatic carbocycles. The molecule has 1 rings (SSSR count). The summed E-state index contributed by atoms with van der Waals surface area (Å²) in [5.74, 6) is 0.182. The Morgan fingerprint density at radius 3 is 2.56 bits per heavy atom. The van der Waals surface area contributed by atoms with Crippen molar-refractivity contribution in [3.05, 3.63) is 0 Å². The zero-order chi connectivity index (χ0) is 12.0. The highest BCUT2D eigenvalue weighted by molar-refractivity contribution is 5.84. The van der Waals surface area contributed by atoms with Crippen LogP contribution in [0.5, 0.6) is 0 Å². The van der Waals surface area contributed by atoms with Crippen LogP contribution in [0.1, 0.15) is 32.6 Å². The standard InChI is InChI=1S/C11H21NO4/c1-9-3-5-11(6-4-9,10(13)12-14)16-8-7-15-2/h9,14H,3-8H2,1-2H3,(H,12,13).